The summed E-state index contributed by atoms with van der Waals surface area (Å²) in [6.07, 6.45) is 1.72. The minimum atomic E-state index is -0.781. The predicted octanol–water partition coefficient (Wildman–Crippen LogP) is 0.123. The number of nitrogens with two attached hydrogens (primary N) is 1. The predicted molar refractivity (Wildman–Crippen MR) is 72.8 cm³/mol. The second-order valence-electron chi connectivity index (χ2n) is 5.45. The van der Waals surface area contributed by atoms with Crippen molar-refractivity contribution in [3.63, 3.8) is 0 Å². The monoisotopic (exact) mass is 271 g/mol. The molecule has 1 aliphatic rings. The number of aliphatic carboxylic acids is 1. The minimum absolute atomic E-state index is 0.00670. The van der Waals surface area contributed by atoms with Crippen LogP contribution < -0.4 is 5.73 Å². The molecule has 1 amide bonds. The van der Waals surface area contributed by atoms with Gasteiger partial charge in [-0.05, 0) is 13.3 Å². The number of amides is 1. The molecule has 3 N–H and O–H groups in total. The number of rotatable bonds is 6. The van der Waals surface area contributed by atoms with Crippen molar-refractivity contribution >= 4 is 11.9 Å². The molecule has 1 saturated heterocycles. The number of carboxylic acid groups (broad SMARTS) is 1. The Balaban J connectivity index is 2.41. The maximum absolute atomic E-state index is 12.3. The van der Waals surface area contributed by atoms with Gasteiger partial charge >= 0.3 is 5.97 Å². The van der Waals surface area contributed by atoms with E-state index in [4.69, 9.17) is 10.8 Å². The Morgan fingerprint density at radius 3 is 2.32 bits per heavy atom. The number of carboxylic acids is 1. The van der Waals surface area contributed by atoms with E-state index in [1.165, 1.54) is 0 Å². The molecule has 0 aromatic heterocycles. The van der Waals surface area contributed by atoms with Crippen LogP contribution in [0.3, 0.4) is 0 Å². The highest BCUT2D eigenvalue weighted by molar-refractivity contribution is 5.85. The van der Waals surface area contributed by atoms with E-state index in [0.717, 1.165) is 19.5 Å². The third-order valence-electron chi connectivity index (χ3n) is 3.56. The Bertz CT molecular complexity index is 323. The van der Waals surface area contributed by atoms with E-state index in [1.807, 2.05) is 6.92 Å². The first-order valence-electron chi connectivity index (χ1n) is 6.89. The fourth-order valence-electron chi connectivity index (χ4n) is 2.42. The van der Waals surface area contributed by atoms with Crippen LogP contribution in [0, 0.1) is 0 Å². The van der Waals surface area contributed by atoms with E-state index in [9.17, 15) is 9.59 Å². The summed E-state index contributed by atoms with van der Waals surface area (Å²) in [6, 6.07) is 0. The van der Waals surface area contributed by atoms with Crippen LogP contribution in [-0.2, 0) is 9.59 Å². The maximum atomic E-state index is 12.3. The summed E-state index contributed by atoms with van der Waals surface area (Å²) in [4.78, 5) is 26.7. The summed E-state index contributed by atoms with van der Waals surface area (Å²) in [5.74, 6) is -0.775. The summed E-state index contributed by atoms with van der Waals surface area (Å²) in [6.45, 7) is 7.07. The number of hydrogen-bond acceptors (Lipinski definition) is 4. The maximum Gasteiger partial charge on any atom is 0.304 e. The van der Waals surface area contributed by atoms with E-state index in [-0.39, 0.29) is 12.3 Å². The smallest absolute Gasteiger partial charge is 0.304 e. The van der Waals surface area contributed by atoms with Gasteiger partial charge in [0.2, 0.25) is 5.91 Å². The van der Waals surface area contributed by atoms with Gasteiger partial charge < -0.3 is 15.7 Å². The van der Waals surface area contributed by atoms with Crippen LogP contribution in [-0.4, -0.2) is 65.0 Å². The zero-order valence-electron chi connectivity index (χ0n) is 11.9. The van der Waals surface area contributed by atoms with Crippen molar-refractivity contribution in [2.45, 2.75) is 38.6 Å². The van der Waals surface area contributed by atoms with Crippen LogP contribution in [0.2, 0.25) is 0 Å². The molecule has 1 unspecified atom stereocenters. The third-order valence-corrected chi connectivity index (χ3v) is 3.56. The van der Waals surface area contributed by atoms with Gasteiger partial charge in [-0.1, -0.05) is 13.3 Å². The molecule has 6 heteroatoms. The molecular weight excluding hydrogens is 246 g/mol. The summed E-state index contributed by atoms with van der Waals surface area (Å²) < 4.78 is 0. The van der Waals surface area contributed by atoms with Gasteiger partial charge in [-0.15, -0.1) is 0 Å². The Morgan fingerprint density at radius 1 is 1.26 bits per heavy atom. The van der Waals surface area contributed by atoms with Gasteiger partial charge in [-0.3, -0.25) is 14.5 Å². The first-order chi connectivity index (χ1) is 8.86. The quantitative estimate of drug-likeness (QED) is 0.716. The van der Waals surface area contributed by atoms with E-state index >= 15 is 0 Å². The molecule has 0 radical (unpaired) electrons. The van der Waals surface area contributed by atoms with E-state index < -0.39 is 11.5 Å². The Hall–Kier alpha value is -1.14. The Labute approximate surface area is 114 Å². The molecule has 0 spiro atoms. The van der Waals surface area contributed by atoms with Crippen molar-refractivity contribution in [2.24, 2.45) is 5.73 Å². The first kappa shape index (κ1) is 15.9. The number of carbonyl (C=O) groups excluding carboxylic acids is 1. The first-order valence-corrected chi connectivity index (χ1v) is 6.89. The van der Waals surface area contributed by atoms with E-state index in [0.29, 0.717) is 26.1 Å². The number of carbonyl (C=O) groups is 2. The van der Waals surface area contributed by atoms with Gasteiger partial charge in [-0.25, -0.2) is 0 Å². The average molecular weight is 271 g/mol. The molecule has 0 aromatic carbocycles. The van der Waals surface area contributed by atoms with Gasteiger partial charge in [0, 0.05) is 32.7 Å². The number of piperazine rings is 1. The van der Waals surface area contributed by atoms with Gasteiger partial charge in [0.05, 0.1) is 12.0 Å². The lowest BCUT2D eigenvalue weighted by Crippen LogP contribution is -2.58. The van der Waals surface area contributed by atoms with Crippen molar-refractivity contribution < 1.29 is 14.7 Å². The Morgan fingerprint density at radius 2 is 1.84 bits per heavy atom. The third kappa shape index (κ3) is 4.80. The van der Waals surface area contributed by atoms with Crippen LogP contribution in [0.1, 0.15) is 33.1 Å². The molecule has 0 saturated carbocycles. The van der Waals surface area contributed by atoms with Crippen molar-refractivity contribution in [1.29, 1.82) is 0 Å². The molecule has 0 aromatic rings. The van der Waals surface area contributed by atoms with Crippen LogP contribution >= 0.6 is 0 Å². The van der Waals surface area contributed by atoms with Crippen LogP contribution in [0.5, 0.6) is 0 Å². The van der Waals surface area contributed by atoms with Crippen molar-refractivity contribution in [1.82, 2.24) is 9.80 Å². The van der Waals surface area contributed by atoms with Crippen LogP contribution in [0.15, 0.2) is 0 Å². The van der Waals surface area contributed by atoms with Gasteiger partial charge in [-0.2, -0.15) is 0 Å². The summed E-state index contributed by atoms with van der Waals surface area (Å²) in [5, 5.41) is 8.64. The van der Waals surface area contributed by atoms with Crippen molar-refractivity contribution in [3.8, 4) is 0 Å². The summed E-state index contributed by atoms with van der Waals surface area (Å²) in [7, 11) is 0. The average Bonchev–Trinajstić information content (AvgIpc) is 2.36. The van der Waals surface area contributed by atoms with Crippen molar-refractivity contribution in [2.75, 3.05) is 32.7 Å². The fourth-order valence-corrected chi connectivity index (χ4v) is 2.42. The molecule has 110 valence electrons. The Kier molecular flexibility index (Phi) is 5.75. The molecule has 0 aliphatic carbocycles. The largest absolute Gasteiger partial charge is 0.481 e. The van der Waals surface area contributed by atoms with Gasteiger partial charge in [0.1, 0.15) is 0 Å². The molecule has 1 aliphatic heterocycles. The molecule has 0 bridgehead atoms. The SMILES string of the molecule is CCCC(C)(N)C(=O)N1CCN(CCC(=O)O)CC1. The number of nitrogens with zero attached hydrogens (tertiary/aromatic N) is 2. The van der Waals surface area contributed by atoms with Gasteiger partial charge in [0.25, 0.3) is 0 Å². The molecule has 1 rings (SSSR count). The standard InChI is InChI=1S/C13H25N3O3/c1-3-5-13(2,14)12(19)16-9-7-15(8-10-16)6-4-11(17)18/h3-10,14H2,1-2H3,(H,17,18). The molecular formula is C13H25N3O3. The van der Waals surface area contributed by atoms with E-state index in [2.05, 4.69) is 4.90 Å². The second kappa shape index (κ2) is 6.86. The highest BCUT2D eigenvalue weighted by atomic mass is 16.4. The normalized spacial score (nSPS) is 20.1. The summed E-state index contributed by atoms with van der Waals surface area (Å²) >= 11 is 0. The minimum Gasteiger partial charge on any atom is -0.481 e. The molecule has 19 heavy (non-hydrogen) atoms. The fraction of sp³-hybridized carbons (Fsp3) is 0.846. The molecule has 1 fully saturated rings. The zero-order valence-corrected chi connectivity index (χ0v) is 11.9. The zero-order chi connectivity index (χ0) is 14.5. The molecule has 1 atom stereocenters. The highest BCUT2D eigenvalue weighted by Gasteiger charge is 2.33. The van der Waals surface area contributed by atoms with Gasteiger partial charge in [0.15, 0.2) is 0 Å². The van der Waals surface area contributed by atoms with Crippen LogP contribution in [0.25, 0.3) is 0 Å². The highest BCUT2D eigenvalue weighted by Crippen LogP contribution is 2.14. The lowest BCUT2D eigenvalue weighted by atomic mass is 9.95. The molecule has 1 heterocycles. The summed E-state index contributed by atoms with van der Waals surface area (Å²) in [5.41, 5.74) is 5.27. The lowest BCUT2D eigenvalue weighted by molar-refractivity contribution is -0.140. The van der Waals surface area contributed by atoms with Crippen molar-refractivity contribution in [3.05, 3.63) is 0 Å². The molecule has 6 nitrogen and oxygen atoms in total. The van der Waals surface area contributed by atoms with Crippen LogP contribution in [0.4, 0.5) is 0 Å². The second-order valence-corrected chi connectivity index (χ2v) is 5.45. The lowest BCUT2D eigenvalue weighted by Gasteiger charge is -2.38. The number of hydrogen-bond donors (Lipinski definition) is 2. The van der Waals surface area contributed by atoms with E-state index in [1.54, 1.807) is 11.8 Å². The topological polar surface area (TPSA) is 86.9 Å².